The molecule has 0 aliphatic carbocycles. The third-order valence-electron chi connectivity index (χ3n) is 4.52. The largest absolute Gasteiger partial charge is 0.455 e. The lowest BCUT2D eigenvalue weighted by molar-refractivity contribution is 0.118. The fourth-order valence-corrected chi connectivity index (χ4v) is 2.78. The van der Waals surface area contributed by atoms with Crippen molar-refractivity contribution in [3.63, 3.8) is 0 Å². The van der Waals surface area contributed by atoms with Gasteiger partial charge in [-0.2, -0.15) is 0 Å². The van der Waals surface area contributed by atoms with Gasteiger partial charge in [-0.1, -0.05) is 30.7 Å². The Kier molecular flexibility index (Phi) is 4.61. The fourth-order valence-electron chi connectivity index (χ4n) is 2.62. The van der Waals surface area contributed by atoms with Crippen molar-refractivity contribution in [1.29, 1.82) is 0 Å². The molecular formula is C19H23ClN2O2. The summed E-state index contributed by atoms with van der Waals surface area (Å²) in [5.74, 6) is 1.76. The van der Waals surface area contributed by atoms with Crippen molar-refractivity contribution in [2.45, 2.75) is 26.3 Å². The number of nitrogens with zero attached hydrogens (tertiary/aromatic N) is 1. The average Bonchev–Trinajstić information content (AvgIpc) is 2.52. The molecule has 1 aliphatic heterocycles. The van der Waals surface area contributed by atoms with Crippen molar-refractivity contribution in [3.8, 4) is 11.5 Å². The van der Waals surface area contributed by atoms with Crippen LogP contribution in [0.1, 0.15) is 20.8 Å². The Morgan fingerprint density at radius 3 is 2.50 bits per heavy atom. The predicted molar refractivity (Wildman–Crippen MR) is 98.5 cm³/mol. The van der Waals surface area contributed by atoms with Crippen molar-refractivity contribution < 1.29 is 9.47 Å². The molecule has 0 fully saturated rings. The third-order valence-corrected chi connectivity index (χ3v) is 4.76. The van der Waals surface area contributed by atoms with Gasteiger partial charge in [0, 0.05) is 17.1 Å². The highest BCUT2D eigenvalue weighted by molar-refractivity contribution is 6.31. The second-order valence-corrected chi connectivity index (χ2v) is 7.26. The van der Waals surface area contributed by atoms with Crippen LogP contribution in [-0.2, 0) is 0 Å². The molecule has 2 aromatic rings. The molecule has 0 spiro atoms. The van der Waals surface area contributed by atoms with Crippen LogP contribution in [0, 0.1) is 5.92 Å². The molecule has 128 valence electrons. The van der Waals surface area contributed by atoms with Gasteiger partial charge >= 0.3 is 0 Å². The third kappa shape index (κ3) is 3.45. The number of rotatable bonds is 3. The number of halogens is 1. The maximum Gasteiger partial charge on any atom is 0.231 e. The number of fused-ring (bicyclic) bond motifs is 2. The van der Waals surface area contributed by atoms with Crippen LogP contribution in [0.3, 0.4) is 0 Å². The van der Waals surface area contributed by atoms with E-state index in [-0.39, 0.29) is 18.2 Å². The molecule has 1 heterocycles. The van der Waals surface area contributed by atoms with Gasteiger partial charge in [0.15, 0.2) is 0 Å². The predicted octanol–water partition coefficient (Wildman–Crippen LogP) is 4.58. The molecule has 2 aromatic carbocycles. The van der Waals surface area contributed by atoms with E-state index in [0.29, 0.717) is 5.02 Å². The Hall–Kier alpha value is -1.91. The summed E-state index contributed by atoms with van der Waals surface area (Å²) in [6.45, 7) is 7.12. The Labute approximate surface area is 148 Å². The maximum atomic E-state index is 6.32. The Bertz CT molecular complexity index is 728. The first kappa shape index (κ1) is 16.9. The molecule has 4 nitrogen and oxygen atoms in total. The summed E-state index contributed by atoms with van der Waals surface area (Å²) >= 11 is 6.25. The molecule has 0 saturated heterocycles. The van der Waals surface area contributed by atoms with E-state index in [2.05, 4.69) is 11.8 Å². The molecule has 1 aliphatic rings. The van der Waals surface area contributed by atoms with Gasteiger partial charge in [-0.05, 0) is 50.1 Å². The highest BCUT2D eigenvalue weighted by Crippen LogP contribution is 2.42. The van der Waals surface area contributed by atoms with Gasteiger partial charge < -0.3 is 20.1 Å². The van der Waals surface area contributed by atoms with Gasteiger partial charge in [-0.15, -0.1) is 0 Å². The zero-order chi connectivity index (χ0) is 17.3. The summed E-state index contributed by atoms with van der Waals surface area (Å²) in [4.78, 5) is 2.18. The number of hydrogen-bond acceptors (Lipinski definition) is 4. The van der Waals surface area contributed by atoms with Gasteiger partial charge in [0.05, 0.1) is 11.4 Å². The van der Waals surface area contributed by atoms with Gasteiger partial charge in [-0.3, -0.25) is 0 Å². The molecular weight excluding hydrogens is 324 g/mol. The van der Waals surface area contributed by atoms with Crippen LogP contribution >= 0.6 is 11.6 Å². The lowest BCUT2D eigenvalue weighted by Crippen LogP contribution is -2.44. The summed E-state index contributed by atoms with van der Waals surface area (Å²) in [6.07, 6.45) is 0. The maximum absolute atomic E-state index is 6.32. The van der Waals surface area contributed by atoms with E-state index in [1.165, 1.54) is 0 Å². The second kappa shape index (κ2) is 6.54. The van der Waals surface area contributed by atoms with Gasteiger partial charge in [0.2, 0.25) is 6.79 Å². The molecule has 2 N–H and O–H groups in total. The van der Waals surface area contributed by atoms with Crippen LogP contribution in [0.4, 0.5) is 11.4 Å². The Morgan fingerprint density at radius 1 is 1.12 bits per heavy atom. The van der Waals surface area contributed by atoms with Crippen LogP contribution in [0.25, 0.3) is 0 Å². The highest BCUT2D eigenvalue weighted by atomic mass is 35.5. The topological polar surface area (TPSA) is 47.7 Å². The van der Waals surface area contributed by atoms with Crippen molar-refractivity contribution in [1.82, 2.24) is 0 Å². The molecule has 3 rings (SSSR count). The lowest BCUT2D eigenvalue weighted by Gasteiger charge is -2.36. The van der Waals surface area contributed by atoms with E-state index < -0.39 is 0 Å². The summed E-state index contributed by atoms with van der Waals surface area (Å²) in [7, 11) is 0. The number of hydrogen-bond donors (Lipinski definition) is 1. The Balaban J connectivity index is 2.11. The van der Waals surface area contributed by atoms with Crippen molar-refractivity contribution in [2.75, 3.05) is 18.2 Å². The molecule has 0 aromatic heterocycles. The first-order chi connectivity index (χ1) is 11.4. The van der Waals surface area contributed by atoms with Gasteiger partial charge in [0.25, 0.3) is 0 Å². The monoisotopic (exact) mass is 346 g/mol. The SMILES string of the molecule is CC(CN1c2ccccc2OCOc2ccc(Cl)cc21)C(C)(C)N. The van der Waals surface area contributed by atoms with Crippen molar-refractivity contribution in [3.05, 3.63) is 47.5 Å². The van der Waals surface area contributed by atoms with E-state index in [1.54, 1.807) is 0 Å². The van der Waals surface area contributed by atoms with E-state index in [0.717, 1.165) is 29.4 Å². The zero-order valence-electron chi connectivity index (χ0n) is 14.3. The van der Waals surface area contributed by atoms with E-state index in [4.69, 9.17) is 26.8 Å². The smallest absolute Gasteiger partial charge is 0.231 e. The van der Waals surface area contributed by atoms with Crippen LogP contribution in [0.2, 0.25) is 5.02 Å². The normalized spacial score (nSPS) is 15.3. The van der Waals surface area contributed by atoms with Gasteiger partial charge in [0.1, 0.15) is 11.5 Å². The second-order valence-electron chi connectivity index (χ2n) is 6.82. The molecule has 1 atom stereocenters. The fraction of sp³-hybridized carbons (Fsp3) is 0.368. The van der Waals surface area contributed by atoms with E-state index >= 15 is 0 Å². The quantitative estimate of drug-likeness (QED) is 0.883. The van der Waals surface area contributed by atoms with Crippen LogP contribution in [-0.4, -0.2) is 18.9 Å². The first-order valence-corrected chi connectivity index (χ1v) is 8.44. The molecule has 0 amide bonds. The lowest BCUT2D eigenvalue weighted by atomic mass is 9.89. The molecule has 0 radical (unpaired) electrons. The van der Waals surface area contributed by atoms with E-state index in [9.17, 15) is 0 Å². The summed E-state index contributed by atoms with van der Waals surface area (Å²) in [6, 6.07) is 13.6. The van der Waals surface area contributed by atoms with Crippen molar-refractivity contribution >= 4 is 23.0 Å². The molecule has 0 saturated carbocycles. The highest BCUT2D eigenvalue weighted by Gasteiger charge is 2.28. The van der Waals surface area contributed by atoms with Crippen molar-refractivity contribution in [2.24, 2.45) is 11.7 Å². The molecule has 0 bridgehead atoms. The number of nitrogens with two attached hydrogens (primary N) is 1. The summed E-state index contributed by atoms with van der Waals surface area (Å²) < 4.78 is 11.6. The first-order valence-electron chi connectivity index (χ1n) is 8.07. The van der Waals surface area contributed by atoms with Crippen LogP contribution < -0.4 is 20.1 Å². The average molecular weight is 347 g/mol. The number of ether oxygens (including phenoxy) is 2. The molecule has 5 heteroatoms. The minimum absolute atomic E-state index is 0.164. The van der Waals surface area contributed by atoms with Gasteiger partial charge in [-0.25, -0.2) is 0 Å². The minimum atomic E-state index is -0.308. The standard InChI is InChI=1S/C19H23ClN2O2/c1-13(19(2,3)21)11-22-15-6-4-5-7-17(15)23-12-24-18-9-8-14(20)10-16(18)22/h4-10,13H,11-12,21H2,1-3H3. The van der Waals surface area contributed by atoms with Crippen LogP contribution in [0.5, 0.6) is 11.5 Å². The summed E-state index contributed by atoms with van der Waals surface area (Å²) in [5, 5.41) is 0.668. The molecule has 24 heavy (non-hydrogen) atoms. The Morgan fingerprint density at radius 2 is 1.79 bits per heavy atom. The minimum Gasteiger partial charge on any atom is -0.455 e. The summed E-state index contributed by atoms with van der Waals surface area (Å²) in [5.41, 5.74) is 7.92. The zero-order valence-corrected chi connectivity index (χ0v) is 15.0. The van der Waals surface area contributed by atoms with E-state index in [1.807, 2.05) is 56.3 Å². The number of para-hydroxylation sites is 2. The van der Waals surface area contributed by atoms with Crippen LogP contribution in [0.15, 0.2) is 42.5 Å². The number of benzene rings is 2. The molecule has 1 unspecified atom stereocenters. The number of anilines is 2.